The van der Waals surface area contributed by atoms with E-state index >= 15 is 0 Å². The van der Waals surface area contributed by atoms with Gasteiger partial charge in [-0.15, -0.1) is 16.4 Å². The normalized spacial score (nSPS) is 12.1. The summed E-state index contributed by atoms with van der Waals surface area (Å²) in [5, 5.41) is 8.78. The molecule has 0 radical (unpaired) electrons. The maximum atomic E-state index is 12.1. The van der Waals surface area contributed by atoms with Crippen molar-refractivity contribution in [1.82, 2.24) is 25.1 Å². The van der Waals surface area contributed by atoms with Crippen LogP contribution in [0.15, 0.2) is 39.1 Å². The molecule has 1 N–H and O–H groups in total. The van der Waals surface area contributed by atoms with E-state index in [0.717, 1.165) is 10.6 Å². The van der Waals surface area contributed by atoms with Crippen LogP contribution < -0.4 is 11.1 Å². The first kappa shape index (κ1) is 16.1. The predicted octanol–water partition coefficient (Wildman–Crippen LogP) is 1.48. The summed E-state index contributed by atoms with van der Waals surface area (Å²) in [4.78, 5) is 32.8. The minimum atomic E-state index is -0.561. The second kappa shape index (κ2) is 6.75. The zero-order valence-corrected chi connectivity index (χ0v) is 13.9. The summed E-state index contributed by atoms with van der Waals surface area (Å²) in [5.74, 6) is -0.641. The first-order valence-corrected chi connectivity index (χ1v) is 8.12. The summed E-state index contributed by atoms with van der Waals surface area (Å²) in [5.41, 5.74) is 0.953. The van der Waals surface area contributed by atoms with Crippen molar-refractivity contribution in [2.75, 3.05) is 0 Å². The number of amides is 1. The molecule has 1 atom stereocenters. The molecule has 3 heterocycles. The van der Waals surface area contributed by atoms with Gasteiger partial charge in [0.05, 0.1) is 23.3 Å². The molecule has 0 fully saturated rings. The van der Waals surface area contributed by atoms with Crippen LogP contribution >= 0.6 is 11.3 Å². The minimum Gasteiger partial charge on any atom is -0.387 e. The maximum Gasteiger partial charge on any atom is 0.437 e. The molecule has 3 aromatic rings. The van der Waals surface area contributed by atoms with Gasteiger partial charge in [-0.05, 0) is 25.3 Å². The van der Waals surface area contributed by atoms with Gasteiger partial charge in [0.25, 0.3) is 11.8 Å². The number of aromatic nitrogens is 4. The highest BCUT2D eigenvalue weighted by molar-refractivity contribution is 7.13. The number of carbonyl (C=O) groups is 1. The predicted molar refractivity (Wildman–Crippen MR) is 87.8 cm³/mol. The quantitative estimate of drug-likeness (QED) is 0.751. The summed E-state index contributed by atoms with van der Waals surface area (Å²) in [6.45, 7) is 3.75. The van der Waals surface area contributed by atoms with Gasteiger partial charge in [-0.2, -0.15) is 4.68 Å². The van der Waals surface area contributed by atoms with Gasteiger partial charge in [0.15, 0.2) is 0 Å². The van der Waals surface area contributed by atoms with Crippen molar-refractivity contribution in [3.8, 4) is 10.8 Å². The molecule has 0 spiro atoms. The third-order valence-electron chi connectivity index (χ3n) is 3.18. The Morgan fingerprint density at radius 2 is 2.25 bits per heavy atom. The van der Waals surface area contributed by atoms with Crippen LogP contribution in [0, 0.1) is 6.92 Å². The van der Waals surface area contributed by atoms with Crippen LogP contribution in [-0.2, 0) is 6.54 Å². The summed E-state index contributed by atoms with van der Waals surface area (Å²) >= 11 is 1.43. The fourth-order valence-corrected chi connectivity index (χ4v) is 2.68. The lowest BCUT2D eigenvalue weighted by atomic mass is 10.3. The molecule has 3 aromatic heterocycles. The average Bonchev–Trinajstić information content (AvgIpc) is 3.18. The molecular formula is C15H15N5O3S. The van der Waals surface area contributed by atoms with Crippen molar-refractivity contribution in [2.24, 2.45) is 0 Å². The van der Waals surface area contributed by atoms with Gasteiger partial charge in [-0.3, -0.25) is 9.78 Å². The first-order valence-electron chi connectivity index (χ1n) is 7.24. The Morgan fingerprint density at radius 3 is 2.92 bits per heavy atom. The van der Waals surface area contributed by atoms with Crippen LogP contribution in [0.3, 0.4) is 0 Å². The lowest BCUT2D eigenvalue weighted by molar-refractivity contribution is 0.0930. The van der Waals surface area contributed by atoms with Crippen LogP contribution in [0.5, 0.6) is 0 Å². The largest absolute Gasteiger partial charge is 0.437 e. The Morgan fingerprint density at radius 1 is 1.42 bits per heavy atom. The van der Waals surface area contributed by atoms with Gasteiger partial charge in [0, 0.05) is 12.2 Å². The van der Waals surface area contributed by atoms with Crippen LogP contribution in [0.1, 0.15) is 23.1 Å². The lowest BCUT2D eigenvalue weighted by Crippen LogP contribution is -2.38. The number of nitrogens with one attached hydrogen (secondary N) is 1. The third kappa shape index (κ3) is 3.57. The second-order valence-electron chi connectivity index (χ2n) is 5.25. The Kier molecular flexibility index (Phi) is 4.52. The average molecular weight is 345 g/mol. The van der Waals surface area contributed by atoms with Crippen molar-refractivity contribution < 1.29 is 9.21 Å². The number of hydrogen-bond acceptors (Lipinski definition) is 7. The van der Waals surface area contributed by atoms with Crippen LogP contribution in [0.25, 0.3) is 10.8 Å². The topological polar surface area (TPSA) is 103 Å². The first-order chi connectivity index (χ1) is 11.5. The Balaban J connectivity index is 1.66. The zero-order valence-electron chi connectivity index (χ0n) is 13.1. The molecule has 0 saturated carbocycles. The number of hydrogen-bond donors (Lipinski definition) is 1. The highest BCUT2D eigenvalue weighted by Gasteiger charge is 2.16. The van der Waals surface area contributed by atoms with Gasteiger partial charge in [0.2, 0.25) is 0 Å². The van der Waals surface area contributed by atoms with Gasteiger partial charge in [0.1, 0.15) is 5.69 Å². The highest BCUT2D eigenvalue weighted by atomic mass is 32.1. The molecule has 0 bridgehead atoms. The molecule has 0 aliphatic heterocycles. The Hall–Kier alpha value is -2.81. The molecule has 0 aliphatic rings. The maximum absolute atomic E-state index is 12.1. The molecule has 3 rings (SSSR count). The van der Waals surface area contributed by atoms with E-state index in [4.69, 9.17) is 4.42 Å². The fourth-order valence-electron chi connectivity index (χ4n) is 2.03. The SMILES string of the molecule is Cc1cnc(C(=O)N[C@@H](C)Cn2nc(-c3cccs3)oc2=O)cn1. The summed E-state index contributed by atoms with van der Waals surface area (Å²) in [7, 11) is 0. The van der Waals surface area contributed by atoms with Crippen molar-refractivity contribution in [1.29, 1.82) is 0 Å². The molecular weight excluding hydrogens is 330 g/mol. The molecule has 0 aliphatic carbocycles. The van der Waals surface area contributed by atoms with Crippen molar-refractivity contribution in [2.45, 2.75) is 26.4 Å². The minimum absolute atomic E-state index is 0.193. The highest BCUT2D eigenvalue weighted by Crippen LogP contribution is 2.20. The molecule has 24 heavy (non-hydrogen) atoms. The third-order valence-corrected chi connectivity index (χ3v) is 4.03. The molecule has 0 saturated heterocycles. The van der Waals surface area contributed by atoms with Crippen molar-refractivity contribution in [3.63, 3.8) is 0 Å². The zero-order chi connectivity index (χ0) is 17.1. The van der Waals surface area contributed by atoms with Crippen LogP contribution in [0.4, 0.5) is 0 Å². The molecule has 9 heteroatoms. The van der Waals surface area contributed by atoms with Crippen LogP contribution in [-0.4, -0.2) is 31.7 Å². The van der Waals surface area contributed by atoms with E-state index in [1.807, 2.05) is 17.5 Å². The Bertz CT molecular complexity index is 883. The molecule has 0 unspecified atom stereocenters. The molecule has 8 nitrogen and oxygen atoms in total. The van der Waals surface area contributed by atoms with Gasteiger partial charge in [-0.25, -0.2) is 9.78 Å². The van der Waals surface area contributed by atoms with Gasteiger partial charge >= 0.3 is 5.76 Å². The summed E-state index contributed by atoms with van der Waals surface area (Å²) in [6.07, 6.45) is 2.93. The molecule has 124 valence electrons. The number of aryl methyl sites for hydroxylation is 1. The Labute approximate surface area is 141 Å². The number of thiophene rings is 1. The summed E-state index contributed by atoms with van der Waals surface area (Å²) < 4.78 is 6.33. The van der Waals surface area contributed by atoms with Crippen molar-refractivity contribution in [3.05, 3.63) is 51.8 Å². The number of carbonyl (C=O) groups excluding carboxylic acids is 1. The fraction of sp³-hybridized carbons (Fsp3) is 0.267. The van der Waals surface area contributed by atoms with E-state index in [2.05, 4.69) is 20.4 Å². The van der Waals surface area contributed by atoms with Gasteiger partial charge < -0.3 is 9.73 Å². The smallest absolute Gasteiger partial charge is 0.387 e. The summed E-state index contributed by atoms with van der Waals surface area (Å²) in [6, 6.07) is 3.34. The van der Waals surface area contributed by atoms with E-state index in [1.165, 1.54) is 28.4 Å². The molecule has 1 amide bonds. The van der Waals surface area contributed by atoms with Crippen molar-refractivity contribution >= 4 is 17.2 Å². The monoisotopic (exact) mass is 345 g/mol. The van der Waals surface area contributed by atoms with Gasteiger partial charge in [-0.1, -0.05) is 6.07 Å². The number of rotatable bonds is 5. The van der Waals surface area contributed by atoms with E-state index in [9.17, 15) is 9.59 Å². The number of nitrogens with zero attached hydrogens (tertiary/aromatic N) is 4. The van der Waals surface area contributed by atoms with E-state index in [-0.39, 0.29) is 30.1 Å². The van der Waals surface area contributed by atoms with Crippen LogP contribution in [0.2, 0.25) is 0 Å². The second-order valence-corrected chi connectivity index (χ2v) is 6.20. The van der Waals surface area contributed by atoms with E-state index in [1.54, 1.807) is 13.8 Å². The lowest BCUT2D eigenvalue weighted by Gasteiger charge is -2.12. The molecule has 0 aromatic carbocycles. The standard InChI is InChI=1S/C15H15N5O3S/c1-9-6-17-11(7-16-9)13(21)18-10(2)8-20-15(22)23-14(19-20)12-4-3-5-24-12/h3-7,10H,8H2,1-2H3,(H,18,21)/t10-/m0/s1. The van der Waals surface area contributed by atoms with E-state index in [0.29, 0.717) is 0 Å². The van der Waals surface area contributed by atoms with E-state index < -0.39 is 5.76 Å².